The lowest BCUT2D eigenvalue weighted by Gasteiger charge is -2.25. The average Bonchev–Trinajstić information content (AvgIpc) is 2.18. The molecule has 0 aliphatic carbocycles. The van der Waals surface area contributed by atoms with Crippen LogP contribution in [0.2, 0.25) is 5.02 Å². The second-order valence-corrected chi connectivity index (χ2v) is 6.39. The fourth-order valence-electron chi connectivity index (χ4n) is 1.23. The molecule has 0 fully saturated rings. The van der Waals surface area contributed by atoms with E-state index in [0.717, 1.165) is 0 Å². The van der Waals surface area contributed by atoms with E-state index in [4.69, 9.17) is 26.1 Å². The molecule has 0 aliphatic heterocycles. The Labute approximate surface area is 110 Å². The Morgan fingerprint density at radius 1 is 1.33 bits per heavy atom. The summed E-state index contributed by atoms with van der Waals surface area (Å²) in [5.74, 6) is -0.255. The van der Waals surface area contributed by atoms with Crippen LogP contribution >= 0.6 is 19.2 Å². The third-order valence-electron chi connectivity index (χ3n) is 2.21. The van der Waals surface area contributed by atoms with Crippen LogP contribution in [0.1, 0.15) is 13.8 Å². The zero-order chi connectivity index (χ0) is 14.0. The third-order valence-corrected chi connectivity index (χ3v) is 3.16. The molecule has 0 aromatic heterocycles. The molecule has 0 heterocycles. The molecule has 0 amide bonds. The summed E-state index contributed by atoms with van der Waals surface area (Å²) in [5, 5.41) is 0.529. The van der Waals surface area contributed by atoms with Gasteiger partial charge in [-0.15, -0.1) is 0 Å². The van der Waals surface area contributed by atoms with Crippen LogP contribution in [0.15, 0.2) is 24.3 Å². The van der Waals surface area contributed by atoms with E-state index in [0.29, 0.717) is 10.8 Å². The minimum atomic E-state index is -4.38. The first-order valence-corrected chi connectivity index (χ1v) is 7.30. The minimum Gasteiger partial charge on any atom is -0.480 e. The Morgan fingerprint density at radius 2 is 1.83 bits per heavy atom. The lowest BCUT2D eigenvalue weighted by Crippen LogP contribution is -2.40. The van der Waals surface area contributed by atoms with E-state index in [1.807, 2.05) is 0 Å². The summed E-state index contributed by atoms with van der Waals surface area (Å²) in [7, 11) is -4.38. The number of halogens is 1. The van der Waals surface area contributed by atoms with Crippen molar-refractivity contribution in [3.63, 3.8) is 0 Å². The molecular weight excluding hydrogens is 279 g/mol. The van der Waals surface area contributed by atoms with Crippen LogP contribution < -0.4 is 4.74 Å². The normalized spacial score (nSPS) is 12.3. The average molecular weight is 293 g/mol. The van der Waals surface area contributed by atoms with Crippen molar-refractivity contribution < 1.29 is 23.9 Å². The van der Waals surface area contributed by atoms with Gasteiger partial charge in [0.05, 0.1) is 0 Å². The molecule has 0 aliphatic rings. The maximum Gasteiger partial charge on any atom is 0.333 e. The third kappa shape index (κ3) is 4.78. The zero-order valence-electron chi connectivity index (χ0n) is 9.96. The first-order chi connectivity index (χ1) is 8.10. The molecule has 0 saturated carbocycles. The number of Topliss-reactive ketones (excluding diaryl/α,β-unsaturated/α-hetero) is 1. The first kappa shape index (κ1) is 15.2. The van der Waals surface area contributed by atoms with E-state index in [1.54, 1.807) is 24.3 Å². The zero-order valence-corrected chi connectivity index (χ0v) is 11.6. The van der Waals surface area contributed by atoms with Crippen LogP contribution in [0, 0.1) is 0 Å². The van der Waals surface area contributed by atoms with E-state index < -0.39 is 25.1 Å². The van der Waals surface area contributed by atoms with Gasteiger partial charge in [-0.2, -0.15) is 0 Å². The molecule has 0 spiro atoms. The lowest BCUT2D eigenvalue weighted by molar-refractivity contribution is -0.129. The van der Waals surface area contributed by atoms with Gasteiger partial charge in [-0.3, -0.25) is 9.36 Å². The molecule has 0 unspecified atom stereocenters. The highest BCUT2D eigenvalue weighted by Gasteiger charge is 2.34. The molecule has 0 atom stereocenters. The fourth-order valence-corrected chi connectivity index (χ4v) is 2.11. The predicted octanol–water partition coefficient (Wildman–Crippen LogP) is 2.24. The molecule has 0 radical (unpaired) electrons. The molecule has 2 N–H and O–H groups in total. The van der Waals surface area contributed by atoms with Crippen molar-refractivity contribution in [2.45, 2.75) is 19.4 Å². The maximum absolute atomic E-state index is 11.7. The number of rotatable bonds is 5. The molecule has 1 aromatic rings. The number of carbonyl (C=O) groups is 1. The van der Waals surface area contributed by atoms with E-state index >= 15 is 0 Å². The van der Waals surface area contributed by atoms with Crippen molar-refractivity contribution in [2.24, 2.45) is 0 Å². The Bertz CT molecular complexity index is 477. The Hall–Kier alpha value is -0.870. The summed E-state index contributed by atoms with van der Waals surface area (Å²) < 4.78 is 16.2. The maximum atomic E-state index is 11.7. The van der Waals surface area contributed by atoms with Crippen LogP contribution in [0.5, 0.6) is 5.75 Å². The van der Waals surface area contributed by atoms with Gasteiger partial charge in [-0.05, 0) is 38.1 Å². The van der Waals surface area contributed by atoms with Crippen molar-refractivity contribution >= 4 is 25.0 Å². The van der Waals surface area contributed by atoms with Crippen LogP contribution in [0.4, 0.5) is 0 Å². The highest BCUT2D eigenvalue weighted by molar-refractivity contribution is 7.52. The molecular formula is C11H14ClO5P. The van der Waals surface area contributed by atoms with E-state index in [-0.39, 0.29) is 0 Å². The largest absolute Gasteiger partial charge is 0.480 e. The Kier molecular flexibility index (Phi) is 4.56. The summed E-state index contributed by atoms with van der Waals surface area (Å²) in [5.41, 5.74) is -1.31. The van der Waals surface area contributed by atoms with Gasteiger partial charge >= 0.3 is 7.60 Å². The Morgan fingerprint density at radius 3 is 2.28 bits per heavy atom. The number of benzene rings is 1. The monoisotopic (exact) mass is 292 g/mol. The summed E-state index contributed by atoms with van der Waals surface area (Å²) in [6, 6.07) is 6.35. The molecule has 0 saturated heterocycles. The smallest absolute Gasteiger partial charge is 0.333 e. The fraction of sp³-hybridized carbons (Fsp3) is 0.364. The topological polar surface area (TPSA) is 83.8 Å². The van der Waals surface area contributed by atoms with Crippen LogP contribution in [-0.4, -0.2) is 27.3 Å². The number of ketones is 1. The Balaban J connectivity index is 2.78. The van der Waals surface area contributed by atoms with Crippen molar-refractivity contribution in [1.82, 2.24) is 0 Å². The van der Waals surface area contributed by atoms with Gasteiger partial charge in [0.1, 0.15) is 11.9 Å². The number of hydrogen-bond acceptors (Lipinski definition) is 3. The molecule has 1 aromatic carbocycles. The van der Waals surface area contributed by atoms with Gasteiger partial charge in [0.15, 0.2) is 11.4 Å². The molecule has 7 heteroatoms. The molecule has 1 rings (SSSR count). The second kappa shape index (κ2) is 5.41. The van der Waals surface area contributed by atoms with Crippen molar-refractivity contribution in [3.8, 4) is 5.75 Å². The molecule has 0 bridgehead atoms. The highest BCUT2D eigenvalue weighted by atomic mass is 35.5. The van der Waals surface area contributed by atoms with Gasteiger partial charge in [0.25, 0.3) is 0 Å². The lowest BCUT2D eigenvalue weighted by atomic mass is 10.1. The van der Waals surface area contributed by atoms with Gasteiger partial charge in [0, 0.05) is 5.02 Å². The van der Waals surface area contributed by atoms with Gasteiger partial charge in [-0.25, -0.2) is 0 Å². The number of carbonyl (C=O) groups excluding carboxylic acids is 1. The van der Waals surface area contributed by atoms with Crippen LogP contribution in [0.25, 0.3) is 0 Å². The predicted molar refractivity (Wildman–Crippen MR) is 68.1 cm³/mol. The minimum absolute atomic E-state index is 0.406. The van der Waals surface area contributed by atoms with E-state index in [9.17, 15) is 9.36 Å². The summed E-state index contributed by atoms with van der Waals surface area (Å²) >= 11 is 5.71. The van der Waals surface area contributed by atoms with Crippen molar-refractivity contribution in [1.29, 1.82) is 0 Å². The summed E-state index contributed by atoms with van der Waals surface area (Å²) in [4.78, 5) is 29.3. The number of ether oxygens (including phenoxy) is 1. The quantitative estimate of drug-likeness (QED) is 0.813. The van der Waals surface area contributed by atoms with Crippen LogP contribution in [0.3, 0.4) is 0 Å². The summed E-state index contributed by atoms with van der Waals surface area (Å²) in [6.45, 7) is 2.92. The molecule has 18 heavy (non-hydrogen) atoms. The molecule has 100 valence electrons. The van der Waals surface area contributed by atoms with Crippen molar-refractivity contribution in [2.75, 3.05) is 6.16 Å². The second-order valence-electron chi connectivity index (χ2n) is 4.31. The van der Waals surface area contributed by atoms with E-state index in [1.165, 1.54) is 13.8 Å². The highest BCUT2D eigenvalue weighted by Crippen LogP contribution is 2.36. The van der Waals surface area contributed by atoms with Gasteiger partial charge in [-0.1, -0.05) is 11.6 Å². The van der Waals surface area contributed by atoms with E-state index in [2.05, 4.69) is 0 Å². The number of hydrogen-bond donors (Lipinski definition) is 2. The van der Waals surface area contributed by atoms with Crippen LogP contribution in [-0.2, 0) is 9.36 Å². The van der Waals surface area contributed by atoms with Gasteiger partial charge in [0.2, 0.25) is 0 Å². The van der Waals surface area contributed by atoms with Gasteiger partial charge < -0.3 is 14.5 Å². The molecule has 5 nitrogen and oxygen atoms in total. The SMILES string of the molecule is CC(C)(Oc1ccc(Cl)cc1)C(=O)CP(=O)(O)O. The summed E-state index contributed by atoms with van der Waals surface area (Å²) in [6.07, 6.45) is -0.840. The first-order valence-electron chi connectivity index (χ1n) is 5.13. The van der Waals surface area contributed by atoms with Crippen molar-refractivity contribution in [3.05, 3.63) is 29.3 Å². The standard InChI is InChI=1S/C11H14ClO5P/c1-11(2,10(13)7-18(14,15)16)17-9-5-3-8(12)4-6-9/h3-6H,7H2,1-2H3,(H2,14,15,16).